The topological polar surface area (TPSA) is 84.5 Å². The van der Waals surface area contributed by atoms with Gasteiger partial charge < -0.3 is 10.3 Å². The quantitative estimate of drug-likeness (QED) is 0.310. The first-order valence-corrected chi connectivity index (χ1v) is 11.0. The summed E-state index contributed by atoms with van der Waals surface area (Å²) in [5.41, 5.74) is 13.8. The van der Waals surface area contributed by atoms with E-state index in [0.717, 1.165) is 51.3 Å². The molecule has 0 unspecified atom stereocenters. The van der Waals surface area contributed by atoms with Crippen molar-refractivity contribution < 1.29 is 5.41 Å². The Balaban J connectivity index is 1.73. The minimum absolute atomic E-state index is 0.676. The van der Waals surface area contributed by atoms with Crippen LogP contribution in [0.25, 0.3) is 33.3 Å². The van der Waals surface area contributed by atoms with E-state index in [1.165, 1.54) is 10.9 Å². The van der Waals surface area contributed by atoms with Crippen molar-refractivity contribution in [3.8, 4) is 22.5 Å². The molecule has 4 N–H and O–H groups in total. The van der Waals surface area contributed by atoms with Gasteiger partial charge >= 0.3 is 0 Å². The molecular weight excluding hydrogens is 408 g/mol. The molecule has 0 spiro atoms. The van der Waals surface area contributed by atoms with Gasteiger partial charge in [0.15, 0.2) is 5.36 Å². The zero-order valence-corrected chi connectivity index (χ0v) is 18.2. The van der Waals surface area contributed by atoms with Crippen molar-refractivity contribution in [1.29, 1.82) is 0 Å². The van der Waals surface area contributed by atoms with Crippen molar-refractivity contribution in [2.75, 3.05) is 10.7 Å². The maximum absolute atomic E-state index is 6.20. The Hall–Kier alpha value is -4.45. The van der Waals surface area contributed by atoms with E-state index in [1.54, 1.807) is 0 Å². The standard InChI is InChI=1S/C27H22N6/c1-2-32-26-15-19(29)9-11-24(26)23-12-10-20-16-25(23)27(32)17-5-3-7-21(13-17)33(31-30-20)22-8-4-6-18(28)14-22/h3-16,29H,2,28H2,1H3/p+1. The number of rotatable bonds is 2. The summed E-state index contributed by atoms with van der Waals surface area (Å²) in [6.07, 6.45) is 0. The molecule has 2 heterocycles. The van der Waals surface area contributed by atoms with Crippen LogP contribution in [0, 0.1) is 0 Å². The number of aromatic nitrogens is 1. The second-order valence-electron chi connectivity index (χ2n) is 8.25. The fourth-order valence-electron chi connectivity index (χ4n) is 4.72. The average Bonchev–Trinajstić information content (AvgIpc) is 2.83. The predicted molar refractivity (Wildman–Crippen MR) is 132 cm³/mol. The minimum atomic E-state index is 0.676. The number of hydrogen-bond acceptors (Lipinski definition) is 4. The van der Waals surface area contributed by atoms with Gasteiger partial charge in [0, 0.05) is 40.9 Å². The van der Waals surface area contributed by atoms with Gasteiger partial charge in [-0.3, -0.25) is 5.41 Å². The summed E-state index contributed by atoms with van der Waals surface area (Å²) in [5, 5.41) is 20.3. The second kappa shape index (κ2) is 7.31. The van der Waals surface area contributed by atoms with Crippen LogP contribution in [-0.2, 0) is 6.54 Å². The first-order valence-electron chi connectivity index (χ1n) is 11.0. The largest absolute Gasteiger partial charge is 0.399 e. The van der Waals surface area contributed by atoms with Gasteiger partial charge in [-0.25, -0.2) is 5.01 Å². The van der Waals surface area contributed by atoms with Crippen molar-refractivity contribution in [3.63, 3.8) is 0 Å². The molecule has 4 bridgehead atoms. The number of nitrogens with zero attached hydrogens (tertiary/aromatic N) is 4. The molecule has 3 aliphatic rings. The zero-order valence-electron chi connectivity index (χ0n) is 18.2. The Labute approximate surface area is 191 Å². The summed E-state index contributed by atoms with van der Waals surface area (Å²) in [7, 11) is 0. The Morgan fingerprint density at radius 2 is 1.67 bits per heavy atom. The summed E-state index contributed by atoms with van der Waals surface area (Å²) in [5.74, 6) is 0. The first kappa shape index (κ1) is 19.3. The molecule has 3 aromatic rings. The van der Waals surface area contributed by atoms with E-state index in [9.17, 15) is 0 Å². The van der Waals surface area contributed by atoms with Gasteiger partial charge in [-0.2, -0.15) is 0 Å². The molecule has 0 radical (unpaired) electrons. The van der Waals surface area contributed by atoms with Crippen LogP contribution in [0.1, 0.15) is 6.92 Å². The lowest BCUT2D eigenvalue weighted by molar-refractivity contribution is -0.172. The lowest BCUT2D eigenvalue weighted by atomic mass is 9.94. The monoisotopic (exact) mass is 431 g/mol. The van der Waals surface area contributed by atoms with Crippen LogP contribution in [0.15, 0.2) is 95.3 Å². The Morgan fingerprint density at radius 3 is 2.48 bits per heavy atom. The molecule has 160 valence electrons. The number of pyridine rings is 1. The molecule has 33 heavy (non-hydrogen) atoms. The SMILES string of the molecule is CCn1c2cc(=[NH2+])ccc-2c2ccc3cc2c1-c1cccc(c1)N(c1cccc(N)c1)N=N3. The molecular formula is C27H23N6+. The zero-order chi connectivity index (χ0) is 22.5. The molecule has 0 fully saturated rings. The molecule has 2 aliphatic heterocycles. The predicted octanol–water partition coefficient (Wildman–Crippen LogP) is 4.83. The molecule has 0 saturated heterocycles. The Kier molecular flexibility index (Phi) is 4.26. The maximum atomic E-state index is 6.20. The highest BCUT2D eigenvalue weighted by Gasteiger charge is 2.21. The molecule has 6 heteroatoms. The summed E-state index contributed by atoms with van der Waals surface area (Å²) in [4.78, 5) is 0. The van der Waals surface area contributed by atoms with E-state index in [4.69, 9.17) is 11.1 Å². The molecule has 0 amide bonds. The summed E-state index contributed by atoms with van der Waals surface area (Å²) < 4.78 is 2.33. The highest BCUT2D eigenvalue weighted by atomic mass is 15.5. The molecule has 3 aromatic carbocycles. The van der Waals surface area contributed by atoms with Crippen LogP contribution >= 0.6 is 0 Å². The van der Waals surface area contributed by atoms with E-state index in [1.807, 2.05) is 47.5 Å². The second-order valence-corrected chi connectivity index (χ2v) is 8.25. The number of hydrogen-bond donors (Lipinski definition) is 2. The van der Waals surface area contributed by atoms with Gasteiger partial charge in [-0.15, -0.1) is 5.11 Å². The Morgan fingerprint density at radius 1 is 0.848 bits per heavy atom. The minimum Gasteiger partial charge on any atom is -0.399 e. The van der Waals surface area contributed by atoms with Gasteiger partial charge in [0.05, 0.1) is 28.5 Å². The van der Waals surface area contributed by atoms with Gasteiger partial charge in [0.1, 0.15) is 0 Å². The summed E-state index contributed by atoms with van der Waals surface area (Å²) in [6, 6.07) is 28.4. The normalized spacial score (nSPS) is 12.6. The first-order chi connectivity index (χ1) is 16.1. The molecule has 0 atom stereocenters. The highest BCUT2D eigenvalue weighted by Crippen LogP contribution is 2.42. The number of benzene rings is 4. The molecule has 6 nitrogen and oxygen atoms in total. The van der Waals surface area contributed by atoms with E-state index in [2.05, 4.69) is 64.3 Å². The van der Waals surface area contributed by atoms with Crippen LogP contribution in [0.4, 0.5) is 22.7 Å². The van der Waals surface area contributed by atoms with Gasteiger partial charge in [-0.1, -0.05) is 29.5 Å². The number of nitrogens with two attached hydrogens (primary N) is 2. The van der Waals surface area contributed by atoms with Gasteiger partial charge in [0.2, 0.25) is 0 Å². The average molecular weight is 432 g/mol. The molecule has 0 aromatic heterocycles. The maximum Gasteiger partial charge on any atom is 0.198 e. The van der Waals surface area contributed by atoms with Crippen LogP contribution < -0.4 is 21.5 Å². The van der Waals surface area contributed by atoms with Crippen molar-refractivity contribution in [1.82, 2.24) is 4.57 Å². The van der Waals surface area contributed by atoms with Crippen molar-refractivity contribution in [2.45, 2.75) is 13.5 Å². The molecule has 1 aliphatic carbocycles. The Bertz CT molecular complexity index is 1600. The van der Waals surface area contributed by atoms with Crippen LogP contribution in [-0.4, -0.2) is 4.57 Å². The van der Waals surface area contributed by atoms with E-state index < -0.39 is 0 Å². The number of anilines is 3. The summed E-state index contributed by atoms with van der Waals surface area (Å²) in [6.45, 7) is 2.97. The molecule has 0 saturated carbocycles. The summed E-state index contributed by atoms with van der Waals surface area (Å²) >= 11 is 0. The lowest BCUT2D eigenvalue weighted by Gasteiger charge is -2.25. The van der Waals surface area contributed by atoms with Gasteiger partial charge in [-0.05, 0) is 60.8 Å². The lowest BCUT2D eigenvalue weighted by Crippen LogP contribution is -2.44. The smallest absolute Gasteiger partial charge is 0.198 e. The number of fused-ring (bicyclic) bond motifs is 6. The van der Waals surface area contributed by atoms with Crippen molar-refractivity contribution in [3.05, 3.63) is 90.3 Å². The molecule has 6 rings (SSSR count). The van der Waals surface area contributed by atoms with Crippen molar-refractivity contribution in [2.24, 2.45) is 10.3 Å². The fourth-order valence-corrected chi connectivity index (χ4v) is 4.72. The number of nitrogen functional groups attached to an aromatic ring is 1. The third-order valence-corrected chi connectivity index (χ3v) is 6.18. The highest BCUT2D eigenvalue weighted by molar-refractivity contribution is 6.06. The third kappa shape index (κ3) is 3.07. The van der Waals surface area contributed by atoms with Crippen LogP contribution in [0.3, 0.4) is 0 Å². The van der Waals surface area contributed by atoms with E-state index in [0.29, 0.717) is 5.69 Å². The van der Waals surface area contributed by atoms with Crippen LogP contribution in [0.2, 0.25) is 0 Å². The van der Waals surface area contributed by atoms with E-state index in [-0.39, 0.29) is 0 Å². The van der Waals surface area contributed by atoms with Crippen molar-refractivity contribution >= 4 is 33.5 Å². The fraction of sp³-hybridized carbons (Fsp3) is 0.0741. The third-order valence-electron chi connectivity index (χ3n) is 6.18. The van der Waals surface area contributed by atoms with E-state index >= 15 is 0 Å². The van der Waals surface area contributed by atoms with Gasteiger partial charge in [0.25, 0.3) is 0 Å². The van der Waals surface area contributed by atoms with Crippen LogP contribution in [0.5, 0.6) is 0 Å².